The van der Waals surface area contributed by atoms with Crippen molar-refractivity contribution in [2.24, 2.45) is 5.73 Å². The van der Waals surface area contributed by atoms with Crippen LogP contribution >= 0.6 is 0 Å². The molecule has 1 rings (SSSR count). The highest BCUT2D eigenvalue weighted by molar-refractivity contribution is 5.28. The van der Waals surface area contributed by atoms with E-state index in [1.807, 2.05) is 25.1 Å². The normalized spacial score (nSPS) is 15.5. The van der Waals surface area contributed by atoms with Crippen molar-refractivity contribution in [1.82, 2.24) is 4.90 Å². The molecule has 1 aromatic rings. The van der Waals surface area contributed by atoms with Gasteiger partial charge in [0, 0.05) is 24.7 Å². The Morgan fingerprint density at radius 1 is 1.24 bits per heavy atom. The van der Waals surface area contributed by atoms with Gasteiger partial charge in [0.05, 0.1) is 5.54 Å². The molecule has 2 unspecified atom stereocenters. The number of nitrogens with two attached hydrogens (primary N) is 1. The van der Waals surface area contributed by atoms with Crippen LogP contribution in [0.15, 0.2) is 49.6 Å². The molecule has 0 aliphatic carbocycles. The fourth-order valence-electron chi connectivity index (χ4n) is 3.05. The van der Waals surface area contributed by atoms with Gasteiger partial charge in [-0.25, -0.2) is 4.39 Å². The highest BCUT2D eigenvalue weighted by Crippen LogP contribution is 2.32. The third-order valence-corrected chi connectivity index (χ3v) is 4.11. The van der Waals surface area contributed by atoms with Crippen LogP contribution in [0.4, 0.5) is 4.39 Å². The summed E-state index contributed by atoms with van der Waals surface area (Å²) in [4.78, 5) is 2.20. The number of rotatable bonds is 9. The summed E-state index contributed by atoms with van der Waals surface area (Å²) in [6.07, 6.45) is 5.20. The first-order valence-corrected chi connectivity index (χ1v) is 7.54. The quantitative estimate of drug-likeness (QED) is 0.700. The largest absolute Gasteiger partial charge is 0.320 e. The first-order valence-electron chi connectivity index (χ1n) is 7.54. The zero-order chi connectivity index (χ0) is 15.9. The Morgan fingerprint density at radius 2 is 1.81 bits per heavy atom. The molecule has 0 saturated carbocycles. The molecule has 0 aromatic heterocycles. The molecule has 116 valence electrons. The van der Waals surface area contributed by atoms with Crippen LogP contribution in [0.1, 0.15) is 32.3 Å². The maximum atomic E-state index is 14.3. The van der Waals surface area contributed by atoms with Gasteiger partial charge in [0.15, 0.2) is 0 Å². The van der Waals surface area contributed by atoms with Crippen LogP contribution in [0.25, 0.3) is 0 Å². The van der Waals surface area contributed by atoms with Crippen molar-refractivity contribution in [2.45, 2.75) is 38.3 Å². The number of benzene rings is 1. The highest BCUT2D eigenvalue weighted by Gasteiger charge is 2.38. The van der Waals surface area contributed by atoms with E-state index in [1.165, 1.54) is 6.07 Å². The van der Waals surface area contributed by atoms with Crippen LogP contribution in [-0.2, 0) is 5.54 Å². The summed E-state index contributed by atoms with van der Waals surface area (Å²) in [6.45, 7) is 13.1. The third kappa shape index (κ3) is 3.80. The van der Waals surface area contributed by atoms with Crippen molar-refractivity contribution >= 4 is 0 Å². The Morgan fingerprint density at radius 3 is 2.24 bits per heavy atom. The lowest BCUT2D eigenvalue weighted by atomic mass is 9.79. The molecule has 1 aromatic carbocycles. The van der Waals surface area contributed by atoms with Gasteiger partial charge in [0.2, 0.25) is 0 Å². The molecule has 0 heterocycles. The standard InChI is InChI=1S/C18H27FN2/c1-5-13-21(14-6-2)17(7-3)18(20,8-4)15-11-9-10-12-16(15)19/h5-6,9-12,17H,1-2,7-8,13-14,20H2,3-4H3. The second-order valence-corrected chi connectivity index (χ2v) is 5.33. The average molecular weight is 290 g/mol. The number of nitrogens with zero attached hydrogens (tertiary/aromatic N) is 1. The van der Waals surface area contributed by atoms with Crippen LogP contribution in [0, 0.1) is 5.82 Å². The van der Waals surface area contributed by atoms with E-state index in [2.05, 4.69) is 25.0 Å². The maximum absolute atomic E-state index is 14.3. The van der Waals surface area contributed by atoms with Gasteiger partial charge in [-0.3, -0.25) is 4.90 Å². The van der Waals surface area contributed by atoms with Gasteiger partial charge in [-0.15, -0.1) is 13.2 Å². The summed E-state index contributed by atoms with van der Waals surface area (Å²) in [7, 11) is 0. The predicted octanol–water partition coefficient (Wildman–Crippen LogP) is 3.84. The molecular formula is C18H27FN2. The number of halogens is 1. The summed E-state index contributed by atoms with van der Waals surface area (Å²) < 4.78 is 14.3. The van der Waals surface area contributed by atoms with E-state index in [-0.39, 0.29) is 11.9 Å². The Labute approximate surface area is 128 Å². The average Bonchev–Trinajstić information content (AvgIpc) is 2.48. The maximum Gasteiger partial charge on any atom is 0.128 e. The van der Waals surface area contributed by atoms with E-state index in [0.717, 1.165) is 6.42 Å². The highest BCUT2D eigenvalue weighted by atomic mass is 19.1. The van der Waals surface area contributed by atoms with E-state index in [1.54, 1.807) is 12.1 Å². The van der Waals surface area contributed by atoms with Crippen molar-refractivity contribution in [3.8, 4) is 0 Å². The van der Waals surface area contributed by atoms with Gasteiger partial charge in [-0.05, 0) is 18.9 Å². The molecule has 0 spiro atoms. The minimum absolute atomic E-state index is 0.0235. The van der Waals surface area contributed by atoms with Gasteiger partial charge in [0.25, 0.3) is 0 Å². The molecule has 3 heteroatoms. The Hall–Kier alpha value is -1.45. The Bertz CT molecular complexity index is 462. The van der Waals surface area contributed by atoms with Crippen molar-refractivity contribution < 1.29 is 4.39 Å². The zero-order valence-corrected chi connectivity index (χ0v) is 13.2. The van der Waals surface area contributed by atoms with Crippen LogP contribution in [0.5, 0.6) is 0 Å². The molecule has 2 N–H and O–H groups in total. The Balaban J connectivity index is 3.27. The summed E-state index contributed by atoms with van der Waals surface area (Å²) in [5.74, 6) is -0.238. The van der Waals surface area contributed by atoms with Crippen molar-refractivity contribution in [3.05, 3.63) is 61.0 Å². The lowest BCUT2D eigenvalue weighted by Crippen LogP contribution is -2.56. The van der Waals surface area contributed by atoms with Gasteiger partial charge in [-0.1, -0.05) is 44.2 Å². The molecular weight excluding hydrogens is 263 g/mol. The minimum Gasteiger partial charge on any atom is -0.320 e. The first kappa shape index (κ1) is 17.6. The molecule has 2 atom stereocenters. The van der Waals surface area contributed by atoms with Crippen LogP contribution in [0.3, 0.4) is 0 Å². The van der Waals surface area contributed by atoms with E-state index in [9.17, 15) is 4.39 Å². The van der Waals surface area contributed by atoms with Crippen molar-refractivity contribution in [3.63, 3.8) is 0 Å². The molecule has 0 aliphatic heterocycles. The molecule has 2 nitrogen and oxygen atoms in total. The molecule has 0 radical (unpaired) electrons. The first-order chi connectivity index (χ1) is 10.0. The zero-order valence-electron chi connectivity index (χ0n) is 13.2. The summed E-state index contributed by atoms with van der Waals surface area (Å²) in [6, 6.07) is 6.83. The molecule has 0 aliphatic rings. The molecule has 0 fully saturated rings. The van der Waals surface area contributed by atoms with Crippen LogP contribution < -0.4 is 5.73 Å². The van der Waals surface area contributed by atoms with E-state index < -0.39 is 5.54 Å². The fourth-order valence-corrected chi connectivity index (χ4v) is 3.05. The summed E-state index contributed by atoms with van der Waals surface area (Å²) in [5, 5.41) is 0. The van der Waals surface area contributed by atoms with Gasteiger partial charge < -0.3 is 5.73 Å². The lowest BCUT2D eigenvalue weighted by molar-refractivity contribution is 0.132. The van der Waals surface area contributed by atoms with Gasteiger partial charge >= 0.3 is 0 Å². The lowest BCUT2D eigenvalue weighted by Gasteiger charge is -2.43. The third-order valence-electron chi connectivity index (χ3n) is 4.11. The number of hydrogen-bond acceptors (Lipinski definition) is 2. The second kappa shape index (κ2) is 8.11. The Kier molecular flexibility index (Phi) is 6.79. The SMILES string of the molecule is C=CCN(CC=C)C(CC)C(N)(CC)c1ccccc1F. The molecule has 21 heavy (non-hydrogen) atoms. The van der Waals surface area contributed by atoms with Crippen molar-refractivity contribution in [2.75, 3.05) is 13.1 Å². The summed E-state index contributed by atoms with van der Waals surface area (Å²) in [5.41, 5.74) is 6.54. The minimum atomic E-state index is -0.730. The van der Waals surface area contributed by atoms with Gasteiger partial charge in [0.1, 0.15) is 5.82 Å². The predicted molar refractivity (Wildman–Crippen MR) is 88.6 cm³/mol. The fraction of sp³-hybridized carbons (Fsp3) is 0.444. The topological polar surface area (TPSA) is 29.3 Å². The van der Waals surface area contributed by atoms with E-state index in [4.69, 9.17) is 5.73 Å². The molecule has 0 bridgehead atoms. The monoisotopic (exact) mass is 290 g/mol. The summed E-state index contributed by atoms with van der Waals surface area (Å²) >= 11 is 0. The van der Waals surface area contributed by atoms with Crippen LogP contribution in [-0.4, -0.2) is 24.0 Å². The van der Waals surface area contributed by atoms with Gasteiger partial charge in [-0.2, -0.15) is 0 Å². The second-order valence-electron chi connectivity index (χ2n) is 5.33. The molecule has 0 saturated heterocycles. The van der Waals surface area contributed by atoms with E-state index >= 15 is 0 Å². The van der Waals surface area contributed by atoms with Crippen LogP contribution in [0.2, 0.25) is 0 Å². The molecule has 0 amide bonds. The van der Waals surface area contributed by atoms with E-state index in [0.29, 0.717) is 25.1 Å². The number of hydrogen-bond donors (Lipinski definition) is 1. The van der Waals surface area contributed by atoms with Crippen molar-refractivity contribution in [1.29, 1.82) is 0 Å². The smallest absolute Gasteiger partial charge is 0.128 e.